The maximum absolute atomic E-state index is 13.0. The number of hydrogen-bond donors (Lipinski definition) is 0. The molecular weight excluding hydrogens is 1130 g/mol. The first-order valence-corrected chi connectivity index (χ1v) is 27.9. The summed E-state index contributed by atoms with van der Waals surface area (Å²) in [5.41, 5.74) is 7.94. The Labute approximate surface area is 491 Å². The van der Waals surface area contributed by atoms with E-state index >= 15 is 0 Å². The first-order valence-electron chi connectivity index (χ1n) is 25.2. The Morgan fingerprint density at radius 2 is 0.688 bits per heavy atom. The van der Waals surface area contributed by atoms with Gasteiger partial charge < -0.3 is 0 Å². The Balaban J connectivity index is 0.000000449. The van der Waals surface area contributed by atoms with Gasteiger partial charge >= 0.3 is 0 Å². The minimum Gasteiger partial charge on any atom is -0.207 e. The molecule has 0 saturated heterocycles. The maximum Gasteiger partial charge on any atom is 0.142 e. The van der Waals surface area contributed by atoms with Crippen molar-refractivity contribution >= 4 is 81.2 Å². The first-order chi connectivity index (χ1) is 35.7. The van der Waals surface area contributed by atoms with Crippen LogP contribution in [-0.2, 0) is 0 Å². The van der Waals surface area contributed by atoms with Crippen LogP contribution in [0.3, 0.4) is 0 Å². The van der Waals surface area contributed by atoms with E-state index in [0.29, 0.717) is 60.6 Å². The summed E-state index contributed by atoms with van der Waals surface area (Å²) in [6, 6.07) is 34.4. The molecule has 0 bridgehead atoms. The van der Waals surface area contributed by atoms with Gasteiger partial charge in [-0.2, -0.15) is 0 Å². The molecule has 0 fully saturated rings. The quantitative estimate of drug-likeness (QED) is 0.140. The molecule has 0 amide bonds. The van der Waals surface area contributed by atoms with Gasteiger partial charge in [0.05, 0.1) is 10.0 Å². The molecule has 0 atom stereocenters. The highest BCUT2D eigenvalue weighted by Gasteiger charge is 2.09. The van der Waals surface area contributed by atoms with Crippen molar-refractivity contribution in [1.29, 1.82) is 0 Å². The molecule has 0 aliphatic carbocycles. The second kappa shape index (κ2) is 35.7. The summed E-state index contributed by atoms with van der Waals surface area (Å²) >= 11 is 39.7. The average molecular weight is 1200 g/mol. The largest absolute Gasteiger partial charge is 0.207 e. The van der Waals surface area contributed by atoms with Gasteiger partial charge in [0, 0.05) is 25.1 Å². The molecule has 0 N–H and O–H groups in total. The summed E-state index contributed by atoms with van der Waals surface area (Å²) in [6.07, 6.45) is 0. The zero-order chi connectivity index (χ0) is 59.0. The molecule has 0 aliphatic rings. The normalized spacial score (nSPS) is 10.6. The highest BCUT2D eigenvalue weighted by atomic mass is 35.5. The lowest BCUT2D eigenvalue weighted by Gasteiger charge is -2.06. The Bertz CT molecular complexity index is 2570. The minimum atomic E-state index is -0.351. The molecule has 0 radical (unpaired) electrons. The molecule has 0 heterocycles. The second-order valence-electron chi connectivity index (χ2n) is 20.2. The van der Waals surface area contributed by atoms with Crippen molar-refractivity contribution in [3.63, 3.8) is 0 Å². The van der Waals surface area contributed by atoms with E-state index in [-0.39, 0.29) is 50.9 Å². The van der Waals surface area contributed by atoms with Gasteiger partial charge in [-0.1, -0.05) is 208 Å². The molecule has 7 aromatic rings. The lowest BCUT2D eigenvalue weighted by Crippen LogP contribution is -1.91. The number of hydrogen-bond acceptors (Lipinski definition) is 0. The maximum atomic E-state index is 13.0. The van der Waals surface area contributed by atoms with Gasteiger partial charge in [0.1, 0.15) is 34.9 Å². The van der Waals surface area contributed by atoms with E-state index in [9.17, 15) is 26.3 Å². The van der Waals surface area contributed by atoms with Crippen LogP contribution in [0.15, 0.2) is 127 Å². The van der Waals surface area contributed by atoms with E-state index in [1.807, 2.05) is 100 Å². The first kappa shape index (κ1) is 71.2. The fourth-order valence-corrected chi connectivity index (χ4v) is 8.22. The third-order valence-corrected chi connectivity index (χ3v) is 13.0. The Morgan fingerprint density at radius 3 is 1.10 bits per heavy atom. The monoisotopic (exact) mass is 1200 g/mol. The van der Waals surface area contributed by atoms with Crippen molar-refractivity contribution < 1.29 is 26.3 Å². The molecule has 0 unspecified atom stereocenters. The Hall–Kier alpha value is -3.85. The number of aryl methyl sites for hydroxylation is 1. The van der Waals surface area contributed by atoms with Gasteiger partial charge in [0.25, 0.3) is 0 Å². The third-order valence-electron chi connectivity index (χ3n) is 11.2. The number of benzene rings is 7. The topological polar surface area (TPSA) is 0 Å². The van der Waals surface area contributed by atoms with Gasteiger partial charge in [-0.25, -0.2) is 26.3 Å². The molecule has 77 heavy (non-hydrogen) atoms. The van der Waals surface area contributed by atoms with Crippen molar-refractivity contribution in [2.45, 2.75) is 145 Å². The average Bonchev–Trinajstić information content (AvgIpc) is 3.30. The lowest BCUT2D eigenvalue weighted by molar-refractivity contribution is 0.598. The van der Waals surface area contributed by atoms with E-state index < -0.39 is 0 Å². The predicted molar refractivity (Wildman–Crippen MR) is 323 cm³/mol. The van der Waals surface area contributed by atoms with Crippen LogP contribution in [0, 0.1) is 41.8 Å². The highest BCUT2D eigenvalue weighted by Crippen LogP contribution is 2.27. The smallest absolute Gasteiger partial charge is 0.142 e. The zero-order valence-electron chi connectivity index (χ0n) is 46.6. The fraction of sp³-hybridized carbons (Fsp3) is 0.344. The third kappa shape index (κ3) is 28.2. The second-order valence-corrected chi connectivity index (χ2v) is 23.2. The molecule has 0 aliphatic heterocycles. The van der Waals surface area contributed by atoms with Crippen LogP contribution >= 0.6 is 81.2 Å². The molecular formula is C64H73Cl7F6. The predicted octanol–water partition coefficient (Wildman–Crippen LogP) is 25.4. The van der Waals surface area contributed by atoms with Crippen molar-refractivity contribution in [1.82, 2.24) is 0 Å². The van der Waals surface area contributed by atoms with Gasteiger partial charge in [-0.15, -0.1) is 0 Å². The number of rotatable bonds is 7. The summed E-state index contributed by atoms with van der Waals surface area (Å²) in [6.45, 7) is 30.4. The lowest BCUT2D eigenvalue weighted by atomic mass is 10.0. The summed E-state index contributed by atoms with van der Waals surface area (Å²) in [4.78, 5) is 0. The fourth-order valence-electron chi connectivity index (χ4n) is 6.60. The van der Waals surface area contributed by atoms with Crippen molar-refractivity contribution in [2.24, 2.45) is 0 Å². The molecule has 0 nitrogen and oxygen atoms in total. The highest BCUT2D eigenvalue weighted by molar-refractivity contribution is 6.35. The molecule has 0 spiro atoms. The van der Waals surface area contributed by atoms with Gasteiger partial charge in [-0.05, 0) is 190 Å². The van der Waals surface area contributed by atoms with Crippen LogP contribution < -0.4 is 0 Å². The summed E-state index contributed by atoms with van der Waals surface area (Å²) in [5.74, 6) is 0.944. The molecule has 0 aromatic heterocycles. The molecule has 13 heteroatoms. The summed E-state index contributed by atoms with van der Waals surface area (Å²) in [7, 11) is 0. The Kier molecular flexibility index (Phi) is 33.0. The van der Waals surface area contributed by atoms with Crippen LogP contribution in [0.1, 0.15) is 183 Å². The van der Waals surface area contributed by atoms with E-state index in [4.69, 9.17) is 81.2 Å². The van der Waals surface area contributed by atoms with Crippen LogP contribution in [0.25, 0.3) is 0 Å². The van der Waals surface area contributed by atoms with Crippen LogP contribution in [0.5, 0.6) is 0 Å². The van der Waals surface area contributed by atoms with Crippen LogP contribution in [-0.4, -0.2) is 0 Å². The van der Waals surface area contributed by atoms with Crippen molar-refractivity contribution in [3.8, 4) is 0 Å². The molecule has 7 aromatic carbocycles. The van der Waals surface area contributed by atoms with E-state index in [1.165, 1.54) is 48.0 Å². The Morgan fingerprint density at radius 1 is 0.260 bits per heavy atom. The van der Waals surface area contributed by atoms with Crippen molar-refractivity contribution in [2.75, 3.05) is 0 Å². The van der Waals surface area contributed by atoms with E-state index in [2.05, 4.69) is 27.7 Å². The van der Waals surface area contributed by atoms with Crippen molar-refractivity contribution in [3.05, 3.63) is 242 Å². The summed E-state index contributed by atoms with van der Waals surface area (Å²) < 4.78 is 76.5. The molecule has 7 rings (SSSR count). The van der Waals surface area contributed by atoms with E-state index in [0.717, 1.165) is 38.9 Å². The van der Waals surface area contributed by atoms with E-state index in [1.54, 1.807) is 60.7 Å². The molecule has 0 saturated carbocycles. The zero-order valence-corrected chi connectivity index (χ0v) is 51.9. The van der Waals surface area contributed by atoms with Gasteiger partial charge in [0.15, 0.2) is 0 Å². The van der Waals surface area contributed by atoms with Gasteiger partial charge in [-0.3, -0.25) is 0 Å². The van der Waals surface area contributed by atoms with Crippen LogP contribution in [0.4, 0.5) is 26.3 Å². The SMILES string of the molecule is CC(C)c1cc(Cl)cc(Cl)c1.CC(C)c1cc(F)cc(Cl)c1.CC(C)c1ccc(Cl)c(F)c1.CC(C)c1ccc(Cl)cc1F.CC(C)c1ccc(F)c(Cl)c1.CC(C)c1ccc(F)cc1Cl.Cc1cc(F)cc(C(C)C)c1. The number of halogens is 13. The minimum absolute atomic E-state index is 0.131. The van der Waals surface area contributed by atoms with Crippen LogP contribution in [0.2, 0.25) is 35.2 Å². The standard InChI is InChI=1S/C10H13F.C9H10Cl2.5C9H10ClF/c1-7(2)9-4-8(3)5-10(11)6-9;2*1-6(2)7-3-8(10)5-9(11)4-7;1-6(2)8-4-3-7(11)5-9(8)10;1-6(2)8-4-3-7(10)5-9(8)11;1-6(2)7-3-4-9(11)8(10)5-7;1-6(2)7-3-4-8(10)9(11)5-7/h4-7H,1-3H3;6*3-6H,1-2H3. The molecule has 420 valence electrons. The summed E-state index contributed by atoms with van der Waals surface area (Å²) in [5, 5.41) is 3.24. The van der Waals surface area contributed by atoms with Gasteiger partial charge in [0.2, 0.25) is 0 Å².